The summed E-state index contributed by atoms with van der Waals surface area (Å²) in [7, 11) is 0. The third-order valence-electron chi connectivity index (χ3n) is 4.17. The monoisotopic (exact) mass is 371 g/mol. The Hall–Kier alpha value is -2.63. The second kappa shape index (κ2) is 9.35. The maximum absolute atomic E-state index is 12.4. The van der Waals surface area contributed by atoms with Crippen molar-refractivity contribution < 1.29 is 14.3 Å². The van der Waals surface area contributed by atoms with Crippen molar-refractivity contribution in [1.29, 1.82) is 0 Å². The van der Waals surface area contributed by atoms with Gasteiger partial charge in [0.05, 0.1) is 11.7 Å². The number of hydrogen-bond donors (Lipinski definition) is 2. The lowest BCUT2D eigenvalue weighted by molar-refractivity contribution is -0.134. The van der Waals surface area contributed by atoms with Crippen LogP contribution in [0.25, 0.3) is 10.9 Å². The number of carbonyl (C=O) groups excluding carboxylic acids is 2. The molecule has 6 nitrogen and oxygen atoms in total. The smallest absolute Gasteiger partial charge is 0.263 e. The van der Waals surface area contributed by atoms with Crippen molar-refractivity contribution >= 4 is 22.7 Å². The number of hydrogen-bond acceptors (Lipinski definition) is 4. The summed E-state index contributed by atoms with van der Waals surface area (Å²) in [5, 5.41) is 6.57. The minimum atomic E-state index is -1.05. The topological polar surface area (TPSA) is 80.3 Å². The molecule has 0 radical (unpaired) electrons. The molecule has 0 aliphatic rings. The van der Waals surface area contributed by atoms with E-state index in [-0.39, 0.29) is 11.8 Å². The summed E-state index contributed by atoms with van der Waals surface area (Å²) in [4.78, 5) is 28.5. The van der Waals surface area contributed by atoms with Crippen molar-refractivity contribution in [2.24, 2.45) is 5.92 Å². The van der Waals surface area contributed by atoms with Crippen LogP contribution in [0.3, 0.4) is 0 Å². The molecule has 0 spiro atoms. The Morgan fingerprint density at radius 2 is 1.85 bits per heavy atom. The van der Waals surface area contributed by atoms with Crippen molar-refractivity contribution in [3.8, 4) is 5.75 Å². The SMILES string of the molecule is CC(C)CCC(=O)NCCNC(=O)C(C)(C)Oc1cnc2ccccc2c1. The van der Waals surface area contributed by atoms with Crippen molar-refractivity contribution in [2.75, 3.05) is 13.1 Å². The summed E-state index contributed by atoms with van der Waals surface area (Å²) in [6, 6.07) is 9.60. The van der Waals surface area contributed by atoms with Crippen molar-refractivity contribution in [1.82, 2.24) is 15.6 Å². The number of fused-ring (bicyclic) bond motifs is 1. The highest BCUT2D eigenvalue weighted by atomic mass is 16.5. The molecule has 0 unspecified atom stereocenters. The summed E-state index contributed by atoms with van der Waals surface area (Å²) in [5.74, 6) is 0.802. The Balaban J connectivity index is 1.80. The van der Waals surface area contributed by atoms with E-state index < -0.39 is 5.60 Å². The van der Waals surface area contributed by atoms with Crippen LogP contribution >= 0.6 is 0 Å². The molecule has 2 rings (SSSR count). The van der Waals surface area contributed by atoms with Gasteiger partial charge in [-0.1, -0.05) is 32.0 Å². The molecule has 0 saturated carbocycles. The Bertz CT molecular complexity index is 787. The number of benzene rings is 1. The van der Waals surface area contributed by atoms with E-state index in [1.165, 1.54) is 0 Å². The number of nitrogens with one attached hydrogen (secondary N) is 2. The van der Waals surface area contributed by atoms with Crippen LogP contribution in [0.15, 0.2) is 36.5 Å². The standard InChI is InChI=1S/C21H29N3O3/c1-15(2)9-10-19(25)22-11-12-23-20(26)21(3,4)27-17-13-16-7-5-6-8-18(16)24-14-17/h5-8,13-15H,9-12H2,1-4H3,(H,22,25)(H,23,26). The van der Waals surface area contributed by atoms with Gasteiger partial charge in [0.2, 0.25) is 5.91 Å². The molecule has 27 heavy (non-hydrogen) atoms. The van der Waals surface area contributed by atoms with Crippen LogP contribution in [0.4, 0.5) is 0 Å². The quantitative estimate of drug-likeness (QED) is 0.664. The van der Waals surface area contributed by atoms with Crippen molar-refractivity contribution in [3.05, 3.63) is 36.5 Å². The van der Waals surface area contributed by atoms with E-state index in [9.17, 15) is 9.59 Å². The van der Waals surface area contributed by atoms with Gasteiger partial charge in [-0.05, 0) is 38.3 Å². The van der Waals surface area contributed by atoms with E-state index in [0.29, 0.717) is 31.2 Å². The molecule has 1 aromatic carbocycles. The highest BCUT2D eigenvalue weighted by molar-refractivity contribution is 5.85. The zero-order valence-corrected chi connectivity index (χ0v) is 16.5. The van der Waals surface area contributed by atoms with Crippen molar-refractivity contribution in [2.45, 2.75) is 46.1 Å². The lowest BCUT2D eigenvalue weighted by Gasteiger charge is -2.25. The third-order valence-corrected chi connectivity index (χ3v) is 4.17. The fraction of sp³-hybridized carbons (Fsp3) is 0.476. The largest absolute Gasteiger partial charge is 0.476 e. The number of para-hydroxylation sites is 1. The molecule has 2 aromatic rings. The Kier molecular flexibility index (Phi) is 7.16. The van der Waals surface area contributed by atoms with E-state index in [0.717, 1.165) is 17.3 Å². The maximum Gasteiger partial charge on any atom is 0.263 e. The molecular formula is C21H29N3O3. The van der Waals surface area contributed by atoms with Gasteiger partial charge in [-0.15, -0.1) is 0 Å². The van der Waals surface area contributed by atoms with Crippen molar-refractivity contribution in [3.63, 3.8) is 0 Å². The van der Waals surface area contributed by atoms with Gasteiger partial charge in [0.25, 0.3) is 5.91 Å². The molecule has 0 bridgehead atoms. The molecule has 0 atom stereocenters. The van der Waals surface area contributed by atoms with Gasteiger partial charge in [0.15, 0.2) is 5.60 Å². The summed E-state index contributed by atoms with van der Waals surface area (Å²) in [5.41, 5.74) is -0.175. The number of rotatable bonds is 9. The molecule has 0 aliphatic heterocycles. The molecule has 0 fully saturated rings. The Labute approximate surface area is 160 Å². The van der Waals surface area contributed by atoms with E-state index in [2.05, 4.69) is 29.5 Å². The summed E-state index contributed by atoms with van der Waals surface area (Å²) >= 11 is 0. The normalized spacial score (nSPS) is 11.4. The first-order valence-electron chi connectivity index (χ1n) is 9.37. The first-order chi connectivity index (χ1) is 12.8. The summed E-state index contributed by atoms with van der Waals surface area (Å²) in [6.45, 7) is 8.34. The average molecular weight is 371 g/mol. The highest BCUT2D eigenvalue weighted by Gasteiger charge is 2.29. The first-order valence-corrected chi connectivity index (χ1v) is 9.37. The molecule has 2 N–H and O–H groups in total. The van der Waals surface area contributed by atoms with Gasteiger partial charge < -0.3 is 15.4 Å². The number of ether oxygens (including phenoxy) is 1. The lowest BCUT2D eigenvalue weighted by atomic mass is 10.1. The van der Waals surface area contributed by atoms with Gasteiger partial charge in [-0.2, -0.15) is 0 Å². The van der Waals surface area contributed by atoms with Crippen LogP contribution in [-0.4, -0.2) is 35.5 Å². The average Bonchev–Trinajstić information content (AvgIpc) is 2.62. The molecule has 2 amide bonds. The maximum atomic E-state index is 12.4. The van der Waals surface area contributed by atoms with Crippen LogP contribution in [-0.2, 0) is 9.59 Å². The molecular weight excluding hydrogens is 342 g/mol. The fourth-order valence-corrected chi connectivity index (χ4v) is 2.55. The number of amides is 2. The van der Waals surface area contributed by atoms with Crippen LogP contribution in [0.2, 0.25) is 0 Å². The van der Waals surface area contributed by atoms with E-state index >= 15 is 0 Å². The summed E-state index contributed by atoms with van der Waals surface area (Å²) < 4.78 is 5.85. The van der Waals surface area contributed by atoms with Gasteiger partial charge in [0.1, 0.15) is 5.75 Å². The van der Waals surface area contributed by atoms with Gasteiger partial charge in [0, 0.05) is 24.9 Å². The van der Waals surface area contributed by atoms with E-state index in [1.54, 1.807) is 20.0 Å². The first kappa shape index (κ1) is 20.7. The molecule has 146 valence electrons. The Morgan fingerprint density at radius 1 is 1.15 bits per heavy atom. The number of aromatic nitrogens is 1. The number of nitrogens with zero attached hydrogens (tertiary/aromatic N) is 1. The fourth-order valence-electron chi connectivity index (χ4n) is 2.55. The van der Waals surface area contributed by atoms with E-state index in [1.807, 2.05) is 30.3 Å². The number of pyridine rings is 1. The molecule has 1 aromatic heterocycles. The minimum absolute atomic E-state index is 0.00990. The zero-order chi connectivity index (χ0) is 19.9. The molecule has 1 heterocycles. The predicted octanol–water partition coefficient (Wildman–Crippen LogP) is 3.06. The minimum Gasteiger partial charge on any atom is -0.476 e. The lowest BCUT2D eigenvalue weighted by Crippen LogP contribution is -2.48. The van der Waals surface area contributed by atoms with Crippen LogP contribution in [0, 0.1) is 5.92 Å². The molecule has 0 saturated heterocycles. The second-order valence-electron chi connectivity index (χ2n) is 7.51. The van der Waals surface area contributed by atoms with Crippen LogP contribution in [0.1, 0.15) is 40.5 Å². The van der Waals surface area contributed by atoms with Crippen LogP contribution < -0.4 is 15.4 Å². The molecule has 0 aliphatic carbocycles. The predicted molar refractivity (Wildman–Crippen MR) is 107 cm³/mol. The molecule has 6 heteroatoms. The summed E-state index contributed by atoms with van der Waals surface area (Å²) in [6.07, 6.45) is 2.99. The highest BCUT2D eigenvalue weighted by Crippen LogP contribution is 2.22. The number of carbonyl (C=O) groups is 2. The zero-order valence-electron chi connectivity index (χ0n) is 16.5. The Morgan fingerprint density at radius 3 is 2.59 bits per heavy atom. The third kappa shape index (κ3) is 6.55. The van der Waals surface area contributed by atoms with Crippen LogP contribution in [0.5, 0.6) is 5.75 Å². The second-order valence-corrected chi connectivity index (χ2v) is 7.51. The van der Waals surface area contributed by atoms with E-state index in [4.69, 9.17) is 4.74 Å². The van der Waals surface area contributed by atoms with Gasteiger partial charge in [-0.25, -0.2) is 0 Å². The van der Waals surface area contributed by atoms with Gasteiger partial charge in [-0.3, -0.25) is 14.6 Å². The van der Waals surface area contributed by atoms with Gasteiger partial charge >= 0.3 is 0 Å².